The van der Waals surface area contributed by atoms with Crippen LogP contribution in [0.15, 0.2) is 36.7 Å². The molecule has 0 spiro atoms. The first-order valence-corrected chi connectivity index (χ1v) is 8.43. The maximum absolute atomic E-state index is 11.5. The van der Waals surface area contributed by atoms with E-state index < -0.39 is 5.97 Å². The van der Waals surface area contributed by atoms with E-state index >= 15 is 0 Å². The molecule has 6 nitrogen and oxygen atoms in total. The second kappa shape index (κ2) is 7.42. The highest BCUT2D eigenvalue weighted by Gasteiger charge is 2.22. The zero-order chi connectivity index (χ0) is 17.8. The predicted molar refractivity (Wildman–Crippen MR) is 93.1 cm³/mol. The number of piperidine rings is 1. The smallest absolute Gasteiger partial charge is 0.335 e. The van der Waals surface area contributed by atoms with Crippen molar-refractivity contribution in [2.45, 2.75) is 26.2 Å². The monoisotopic (exact) mass is 339 g/mol. The molecule has 130 valence electrons. The van der Waals surface area contributed by atoms with Crippen molar-refractivity contribution in [1.29, 1.82) is 0 Å². The number of benzene rings is 1. The summed E-state index contributed by atoms with van der Waals surface area (Å²) in [5, 5.41) is 9.08. The van der Waals surface area contributed by atoms with Crippen molar-refractivity contribution in [2.75, 3.05) is 13.1 Å². The van der Waals surface area contributed by atoms with Gasteiger partial charge in [0.05, 0.1) is 23.1 Å². The SMILES string of the molecule is CC(=O)N1CCC[C@@H](Cc2cnc(-c3cccc(C(=O)O)c3)cn2)C1. The predicted octanol–water partition coefficient (Wildman–Crippen LogP) is 2.64. The molecule has 2 aromatic rings. The average molecular weight is 339 g/mol. The lowest BCUT2D eigenvalue weighted by Gasteiger charge is -2.31. The number of carbonyl (C=O) groups excluding carboxylic acids is 1. The number of amides is 1. The average Bonchev–Trinajstić information content (AvgIpc) is 2.62. The first-order chi connectivity index (χ1) is 12.0. The molecule has 1 saturated heterocycles. The number of carboxylic acid groups (broad SMARTS) is 1. The van der Waals surface area contributed by atoms with Crippen LogP contribution in [0.3, 0.4) is 0 Å². The number of rotatable bonds is 4. The molecule has 1 aromatic carbocycles. The van der Waals surface area contributed by atoms with Gasteiger partial charge in [0.1, 0.15) is 0 Å². The summed E-state index contributed by atoms with van der Waals surface area (Å²) in [6.45, 7) is 3.23. The fraction of sp³-hybridized carbons (Fsp3) is 0.368. The van der Waals surface area contributed by atoms with E-state index in [1.165, 1.54) is 0 Å². The highest BCUT2D eigenvalue weighted by Crippen LogP contribution is 2.21. The second-order valence-corrected chi connectivity index (χ2v) is 6.46. The normalized spacial score (nSPS) is 17.3. The van der Waals surface area contributed by atoms with Gasteiger partial charge >= 0.3 is 5.97 Å². The van der Waals surface area contributed by atoms with Crippen molar-refractivity contribution < 1.29 is 14.7 Å². The Labute approximate surface area is 146 Å². The fourth-order valence-corrected chi connectivity index (χ4v) is 3.23. The van der Waals surface area contributed by atoms with Crippen LogP contribution in [0, 0.1) is 5.92 Å². The van der Waals surface area contributed by atoms with Crippen LogP contribution in [0.5, 0.6) is 0 Å². The lowest BCUT2D eigenvalue weighted by molar-refractivity contribution is -0.130. The Morgan fingerprint density at radius 2 is 2.12 bits per heavy atom. The minimum atomic E-state index is -0.959. The number of aromatic nitrogens is 2. The first kappa shape index (κ1) is 17.1. The molecule has 1 aliphatic heterocycles. The first-order valence-electron chi connectivity index (χ1n) is 8.43. The number of hydrogen-bond acceptors (Lipinski definition) is 4. The summed E-state index contributed by atoms with van der Waals surface area (Å²) < 4.78 is 0. The van der Waals surface area contributed by atoms with E-state index in [-0.39, 0.29) is 11.5 Å². The van der Waals surface area contributed by atoms with Gasteiger partial charge in [0, 0.05) is 31.8 Å². The third-order valence-corrected chi connectivity index (χ3v) is 4.57. The minimum absolute atomic E-state index is 0.129. The molecule has 0 radical (unpaired) electrons. The Morgan fingerprint density at radius 3 is 2.80 bits per heavy atom. The summed E-state index contributed by atoms with van der Waals surface area (Å²) in [4.78, 5) is 33.4. The lowest BCUT2D eigenvalue weighted by Crippen LogP contribution is -2.39. The largest absolute Gasteiger partial charge is 0.478 e. The van der Waals surface area contributed by atoms with Crippen LogP contribution in [0.4, 0.5) is 0 Å². The summed E-state index contributed by atoms with van der Waals surface area (Å²) in [5.41, 5.74) is 2.52. The minimum Gasteiger partial charge on any atom is -0.478 e. The molecule has 1 aromatic heterocycles. The van der Waals surface area contributed by atoms with E-state index in [0.29, 0.717) is 11.6 Å². The number of nitrogens with zero attached hydrogens (tertiary/aromatic N) is 3. The van der Waals surface area contributed by atoms with Crippen LogP contribution in [0.25, 0.3) is 11.3 Å². The van der Waals surface area contributed by atoms with Crippen LogP contribution in [0.1, 0.15) is 35.8 Å². The van der Waals surface area contributed by atoms with E-state index in [9.17, 15) is 9.59 Å². The molecule has 1 aliphatic rings. The number of carbonyl (C=O) groups is 2. The molecular weight excluding hydrogens is 318 g/mol. The van der Waals surface area contributed by atoms with E-state index in [2.05, 4.69) is 9.97 Å². The van der Waals surface area contributed by atoms with Crippen molar-refractivity contribution in [3.8, 4) is 11.3 Å². The van der Waals surface area contributed by atoms with Gasteiger partial charge in [-0.1, -0.05) is 12.1 Å². The zero-order valence-corrected chi connectivity index (χ0v) is 14.2. The van der Waals surface area contributed by atoms with Crippen LogP contribution in [-0.2, 0) is 11.2 Å². The van der Waals surface area contributed by atoms with Gasteiger partial charge in [-0.15, -0.1) is 0 Å². The van der Waals surface area contributed by atoms with E-state index in [4.69, 9.17) is 5.11 Å². The quantitative estimate of drug-likeness (QED) is 0.926. The second-order valence-electron chi connectivity index (χ2n) is 6.46. The molecular formula is C19H21N3O3. The maximum atomic E-state index is 11.5. The molecule has 25 heavy (non-hydrogen) atoms. The highest BCUT2D eigenvalue weighted by molar-refractivity contribution is 5.89. The van der Waals surface area contributed by atoms with Gasteiger partial charge in [0.2, 0.25) is 5.91 Å². The number of carboxylic acids is 1. The molecule has 1 amide bonds. The van der Waals surface area contributed by atoms with Gasteiger partial charge < -0.3 is 10.0 Å². The summed E-state index contributed by atoms with van der Waals surface area (Å²) in [6.07, 6.45) is 6.34. The van der Waals surface area contributed by atoms with Crippen molar-refractivity contribution in [1.82, 2.24) is 14.9 Å². The van der Waals surface area contributed by atoms with Gasteiger partial charge in [0.15, 0.2) is 0 Å². The molecule has 6 heteroatoms. The third-order valence-electron chi connectivity index (χ3n) is 4.57. The van der Waals surface area contributed by atoms with Crippen LogP contribution in [-0.4, -0.2) is 44.9 Å². The summed E-state index contributed by atoms with van der Waals surface area (Å²) in [6, 6.07) is 6.67. The van der Waals surface area contributed by atoms with Crippen molar-refractivity contribution >= 4 is 11.9 Å². The molecule has 1 N–H and O–H groups in total. The fourth-order valence-electron chi connectivity index (χ4n) is 3.23. The topological polar surface area (TPSA) is 83.4 Å². The Kier molecular flexibility index (Phi) is 5.07. The van der Waals surface area contributed by atoms with Crippen LogP contribution < -0.4 is 0 Å². The number of likely N-dealkylation sites (tertiary alicyclic amines) is 1. The summed E-state index contributed by atoms with van der Waals surface area (Å²) >= 11 is 0. The highest BCUT2D eigenvalue weighted by atomic mass is 16.4. The zero-order valence-electron chi connectivity index (χ0n) is 14.2. The Morgan fingerprint density at radius 1 is 1.28 bits per heavy atom. The van der Waals surface area contributed by atoms with Gasteiger partial charge in [0.25, 0.3) is 0 Å². The molecule has 2 heterocycles. The van der Waals surface area contributed by atoms with Crippen molar-refractivity contribution in [3.63, 3.8) is 0 Å². The third kappa shape index (κ3) is 4.21. The molecule has 0 aliphatic carbocycles. The van der Waals surface area contributed by atoms with Gasteiger partial charge in [-0.05, 0) is 37.3 Å². The molecule has 0 bridgehead atoms. The Hall–Kier alpha value is -2.76. The molecule has 3 rings (SSSR count). The van der Waals surface area contributed by atoms with Gasteiger partial charge in [-0.25, -0.2) is 4.79 Å². The number of aromatic carboxylic acids is 1. The molecule has 0 saturated carbocycles. The summed E-state index contributed by atoms with van der Waals surface area (Å²) in [7, 11) is 0. The Bertz CT molecular complexity index is 774. The van der Waals surface area contributed by atoms with E-state index in [1.54, 1.807) is 37.5 Å². The number of hydrogen-bond donors (Lipinski definition) is 1. The van der Waals surface area contributed by atoms with Crippen LogP contribution in [0.2, 0.25) is 0 Å². The van der Waals surface area contributed by atoms with Crippen molar-refractivity contribution in [2.24, 2.45) is 5.92 Å². The lowest BCUT2D eigenvalue weighted by atomic mass is 9.93. The maximum Gasteiger partial charge on any atom is 0.335 e. The van der Waals surface area contributed by atoms with Crippen molar-refractivity contribution in [3.05, 3.63) is 47.9 Å². The van der Waals surface area contributed by atoms with Gasteiger partial charge in [-0.2, -0.15) is 0 Å². The molecule has 0 unspecified atom stereocenters. The van der Waals surface area contributed by atoms with E-state index in [1.807, 2.05) is 11.0 Å². The standard InChI is InChI=1S/C19H21N3O3/c1-13(23)22-7-3-4-14(12-22)8-17-10-21-18(11-20-17)15-5-2-6-16(9-15)19(24)25/h2,5-6,9-11,14H,3-4,7-8,12H2,1H3,(H,24,25)/t14-/m0/s1. The summed E-state index contributed by atoms with van der Waals surface area (Å²) in [5.74, 6) is -0.420. The van der Waals surface area contributed by atoms with E-state index in [0.717, 1.165) is 43.6 Å². The Balaban J connectivity index is 1.69. The van der Waals surface area contributed by atoms with Gasteiger partial charge in [-0.3, -0.25) is 14.8 Å². The molecule has 1 atom stereocenters. The van der Waals surface area contributed by atoms with Crippen LogP contribution >= 0.6 is 0 Å². The molecule has 1 fully saturated rings.